The van der Waals surface area contributed by atoms with Crippen LogP contribution < -0.4 is 5.73 Å². The van der Waals surface area contributed by atoms with E-state index in [1.54, 1.807) is 0 Å². The van der Waals surface area contributed by atoms with Crippen LogP contribution in [-0.2, 0) is 0 Å². The Morgan fingerprint density at radius 3 is 2.00 bits per heavy atom. The van der Waals surface area contributed by atoms with E-state index in [4.69, 9.17) is 17.3 Å². The quantitative estimate of drug-likeness (QED) is 0.514. The summed E-state index contributed by atoms with van der Waals surface area (Å²) >= 11 is 5.72. The van der Waals surface area contributed by atoms with E-state index >= 15 is 0 Å². The monoisotopic (exact) mass is 270 g/mol. The molecule has 0 spiro atoms. The Bertz CT molecular complexity index is 574. The van der Waals surface area contributed by atoms with Crippen molar-refractivity contribution < 1.29 is 0 Å². The topological polar surface area (TPSA) is 38.4 Å². The number of halogens is 1. The highest BCUT2D eigenvalue weighted by Crippen LogP contribution is 2.11. The Hall–Kier alpha value is -2.06. The highest BCUT2D eigenvalue weighted by molar-refractivity contribution is 6.20. The fraction of sp³-hybridized carbons (Fsp3) is 0.0625. The van der Waals surface area contributed by atoms with Gasteiger partial charge in [-0.3, -0.25) is 4.99 Å². The molecule has 2 rings (SSSR count). The van der Waals surface area contributed by atoms with Crippen LogP contribution in [0.25, 0.3) is 5.70 Å². The summed E-state index contributed by atoms with van der Waals surface area (Å²) in [5, 5.41) is 0. The zero-order valence-corrected chi connectivity index (χ0v) is 11.2. The second-order valence-electron chi connectivity index (χ2n) is 3.99. The minimum Gasteiger partial charge on any atom is -0.398 e. The number of nitrogens with two attached hydrogens (primary N) is 1. The van der Waals surface area contributed by atoms with Gasteiger partial charge in [-0.2, -0.15) is 0 Å². The molecule has 3 heteroatoms. The number of allylic oxidation sites excluding steroid dienone is 1. The smallest absolute Gasteiger partial charge is 0.114 e. The van der Waals surface area contributed by atoms with Crippen LogP contribution in [-0.4, -0.2) is 11.7 Å². The summed E-state index contributed by atoms with van der Waals surface area (Å²) in [7, 11) is 0. The van der Waals surface area contributed by atoms with Gasteiger partial charge in [-0.1, -0.05) is 60.7 Å². The Labute approximate surface area is 118 Å². The van der Waals surface area contributed by atoms with E-state index in [0.717, 1.165) is 16.8 Å². The zero-order chi connectivity index (χ0) is 13.5. The molecule has 0 aliphatic carbocycles. The molecule has 2 nitrogen and oxygen atoms in total. The minimum atomic E-state index is 0.211. The van der Waals surface area contributed by atoms with Gasteiger partial charge in [0.1, 0.15) is 6.00 Å². The molecule has 0 fully saturated rings. The third-order valence-electron chi connectivity index (χ3n) is 2.70. The first-order valence-corrected chi connectivity index (χ1v) is 6.53. The van der Waals surface area contributed by atoms with Gasteiger partial charge >= 0.3 is 0 Å². The van der Waals surface area contributed by atoms with Crippen molar-refractivity contribution in [2.75, 3.05) is 6.00 Å². The predicted octanol–water partition coefficient (Wildman–Crippen LogP) is 3.67. The Kier molecular flexibility index (Phi) is 4.76. The van der Waals surface area contributed by atoms with Crippen LogP contribution in [0.2, 0.25) is 0 Å². The second-order valence-corrected chi connectivity index (χ2v) is 4.23. The van der Waals surface area contributed by atoms with Crippen LogP contribution in [0.3, 0.4) is 0 Å². The molecular weight excluding hydrogens is 256 g/mol. The van der Waals surface area contributed by atoms with Crippen LogP contribution in [0, 0.1) is 0 Å². The normalized spacial score (nSPS) is 12.5. The molecule has 2 N–H and O–H groups in total. The molecule has 2 aromatic carbocycles. The summed E-state index contributed by atoms with van der Waals surface area (Å²) in [6, 6.07) is 19.9. The summed E-state index contributed by atoms with van der Waals surface area (Å²) in [5.74, 6) is 0. The van der Waals surface area contributed by atoms with E-state index in [9.17, 15) is 0 Å². The van der Waals surface area contributed by atoms with Gasteiger partial charge in [0, 0.05) is 5.70 Å². The number of hydrogen-bond acceptors (Lipinski definition) is 2. The Balaban J connectivity index is 2.35. The molecule has 2 aromatic rings. The van der Waals surface area contributed by atoms with E-state index in [2.05, 4.69) is 4.99 Å². The summed E-state index contributed by atoms with van der Waals surface area (Å²) in [6.45, 7) is 0. The molecular formula is C16H15ClN2. The minimum absolute atomic E-state index is 0.211. The van der Waals surface area contributed by atoms with Crippen LogP contribution in [0.15, 0.2) is 71.7 Å². The van der Waals surface area contributed by atoms with Crippen LogP contribution in [0.4, 0.5) is 0 Å². The van der Waals surface area contributed by atoms with Gasteiger partial charge < -0.3 is 5.73 Å². The van der Waals surface area contributed by atoms with Gasteiger partial charge in [0.15, 0.2) is 0 Å². The maximum absolute atomic E-state index is 6.10. The Morgan fingerprint density at radius 2 is 1.47 bits per heavy atom. The largest absolute Gasteiger partial charge is 0.398 e. The molecule has 0 radical (unpaired) electrons. The van der Waals surface area contributed by atoms with E-state index in [-0.39, 0.29) is 6.00 Å². The Morgan fingerprint density at radius 1 is 0.947 bits per heavy atom. The molecule has 0 saturated carbocycles. The summed E-state index contributed by atoms with van der Waals surface area (Å²) in [4.78, 5) is 4.29. The lowest BCUT2D eigenvalue weighted by molar-refractivity contribution is 1.36. The standard InChI is InChI=1S/C16H15ClN2/c17-12-19-16(14-9-5-2-6-10-14)11-15(18)13-7-3-1-4-8-13/h1-11H,12,18H2/b15-11-,19-16+. The van der Waals surface area contributed by atoms with E-state index < -0.39 is 0 Å². The first-order chi connectivity index (χ1) is 9.31. The third-order valence-corrected chi connectivity index (χ3v) is 2.82. The van der Waals surface area contributed by atoms with E-state index in [0.29, 0.717) is 5.70 Å². The van der Waals surface area contributed by atoms with Gasteiger partial charge in [0.05, 0.1) is 5.71 Å². The molecule has 0 aromatic heterocycles. The fourth-order valence-electron chi connectivity index (χ4n) is 1.75. The van der Waals surface area contributed by atoms with Gasteiger partial charge in [0.25, 0.3) is 0 Å². The van der Waals surface area contributed by atoms with Crippen LogP contribution >= 0.6 is 11.6 Å². The van der Waals surface area contributed by atoms with Crippen molar-refractivity contribution in [3.05, 3.63) is 77.9 Å². The van der Waals surface area contributed by atoms with Crippen LogP contribution in [0.5, 0.6) is 0 Å². The number of hydrogen-bond donors (Lipinski definition) is 1. The van der Waals surface area contributed by atoms with Crippen molar-refractivity contribution in [1.29, 1.82) is 0 Å². The maximum Gasteiger partial charge on any atom is 0.114 e. The van der Waals surface area contributed by atoms with Crippen molar-refractivity contribution in [3.63, 3.8) is 0 Å². The molecule has 0 amide bonds. The predicted molar refractivity (Wildman–Crippen MR) is 82.3 cm³/mol. The van der Waals surface area contributed by atoms with Crippen molar-refractivity contribution in [2.24, 2.45) is 10.7 Å². The molecule has 0 saturated heterocycles. The average molecular weight is 271 g/mol. The van der Waals surface area contributed by atoms with Gasteiger partial charge in [-0.15, -0.1) is 11.6 Å². The highest BCUT2D eigenvalue weighted by Gasteiger charge is 2.02. The average Bonchev–Trinajstić information content (AvgIpc) is 2.48. The van der Waals surface area contributed by atoms with Gasteiger partial charge in [0.2, 0.25) is 0 Å². The lowest BCUT2D eigenvalue weighted by atomic mass is 10.1. The zero-order valence-electron chi connectivity index (χ0n) is 10.5. The number of alkyl halides is 1. The van der Waals surface area contributed by atoms with E-state index in [1.807, 2.05) is 66.7 Å². The van der Waals surface area contributed by atoms with Crippen molar-refractivity contribution >= 4 is 23.0 Å². The lowest BCUT2D eigenvalue weighted by Crippen LogP contribution is -2.03. The van der Waals surface area contributed by atoms with Crippen LogP contribution in [0.1, 0.15) is 11.1 Å². The summed E-state index contributed by atoms with van der Waals surface area (Å²) < 4.78 is 0. The SMILES string of the molecule is N/C(=C\C(=N/CCl)c1ccccc1)c1ccccc1. The molecule has 0 bridgehead atoms. The number of benzene rings is 2. The first-order valence-electron chi connectivity index (χ1n) is 5.99. The van der Waals surface area contributed by atoms with Gasteiger partial charge in [-0.05, 0) is 17.2 Å². The molecule has 19 heavy (non-hydrogen) atoms. The summed E-state index contributed by atoms with van der Waals surface area (Å²) in [5.41, 5.74) is 9.54. The third kappa shape index (κ3) is 3.70. The molecule has 0 aliphatic heterocycles. The molecule has 0 heterocycles. The number of rotatable bonds is 4. The molecule has 0 atom stereocenters. The van der Waals surface area contributed by atoms with Crippen molar-refractivity contribution in [1.82, 2.24) is 0 Å². The first kappa shape index (κ1) is 13.4. The highest BCUT2D eigenvalue weighted by atomic mass is 35.5. The number of aliphatic imine (C=N–C) groups is 1. The van der Waals surface area contributed by atoms with E-state index in [1.165, 1.54) is 0 Å². The molecule has 96 valence electrons. The molecule has 0 unspecified atom stereocenters. The summed E-state index contributed by atoms with van der Waals surface area (Å²) in [6.07, 6.45) is 1.85. The second kappa shape index (κ2) is 6.76. The maximum atomic E-state index is 6.10. The fourth-order valence-corrected chi connectivity index (χ4v) is 1.88. The van der Waals surface area contributed by atoms with Crippen molar-refractivity contribution in [3.8, 4) is 0 Å². The van der Waals surface area contributed by atoms with Gasteiger partial charge in [-0.25, -0.2) is 0 Å². The molecule has 0 aliphatic rings. The number of nitrogens with zero attached hydrogens (tertiary/aromatic N) is 1. The lowest BCUT2D eigenvalue weighted by Gasteiger charge is -2.05. The van der Waals surface area contributed by atoms with Crippen molar-refractivity contribution in [2.45, 2.75) is 0 Å².